The Morgan fingerprint density at radius 1 is 1.53 bits per heavy atom. The minimum absolute atomic E-state index is 0.133. The number of anilines is 1. The average molecular weight is 206 g/mol. The van der Waals surface area contributed by atoms with Gasteiger partial charge < -0.3 is 10.4 Å². The van der Waals surface area contributed by atoms with Gasteiger partial charge in [0.2, 0.25) is 5.91 Å². The molecule has 4 nitrogen and oxygen atoms in total. The Labute approximate surface area is 88.7 Å². The normalized spacial score (nSPS) is 9.53. The van der Waals surface area contributed by atoms with E-state index in [2.05, 4.69) is 10.3 Å². The molecule has 1 aromatic rings. The number of rotatable bonds is 3. The van der Waals surface area contributed by atoms with E-state index in [1.54, 1.807) is 18.2 Å². The standard InChI is InChI=1S/C11H14N2O2/c1-8(2)6-11(15)13-10-5-3-4-9(7-14)12-10/h3-6,14H,7H2,1-2H3,(H,12,13,15). The predicted octanol–water partition coefficient (Wildman–Crippen LogP) is 1.48. The number of carbonyl (C=O) groups is 1. The summed E-state index contributed by atoms with van der Waals surface area (Å²) in [7, 11) is 0. The van der Waals surface area contributed by atoms with Crippen LogP contribution in [0.5, 0.6) is 0 Å². The van der Waals surface area contributed by atoms with E-state index in [1.807, 2.05) is 13.8 Å². The Hall–Kier alpha value is -1.68. The van der Waals surface area contributed by atoms with Crippen LogP contribution in [0.15, 0.2) is 29.8 Å². The predicted molar refractivity (Wildman–Crippen MR) is 58.2 cm³/mol. The summed E-state index contributed by atoms with van der Waals surface area (Å²) >= 11 is 0. The number of aliphatic hydroxyl groups excluding tert-OH is 1. The largest absolute Gasteiger partial charge is 0.390 e. The van der Waals surface area contributed by atoms with Crippen molar-refractivity contribution < 1.29 is 9.90 Å². The van der Waals surface area contributed by atoms with Crippen molar-refractivity contribution in [3.05, 3.63) is 35.5 Å². The smallest absolute Gasteiger partial charge is 0.249 e. The summed E-state index contributed by atoms with van der Waals surface area (Å²) in [5.74, 6) is 0.238. The third kappa shape index (κ3) is 3.91. The summed E-state index contributed by atoms with van der Waals surface area (Å²) in [6.45, 7) is 3.56. The van der Waals surface area contributed by atoms with Crippen LogP contribution in [-0.4, -0.2) is 16.0 Å². The molecule has 0 aliphatic rings. The minimum atomic E-state index is -0.211. The zero-order chi connectivity index (χ0) is 11.3. The number of amides is 1. The Kier molecular flexibility index (Phi) is 4.00. The minimum Gasteiger partial charge on any atom is -0.390 e. The van der Waals surface area contributed by atoms with Gasteiger partial charge in [0.25, 0.3) is 0 Å². The Balaban J connectivity index is 2.72. The molecule has 0 bridgehead atoms. The lowest BCUT2D eigenvalue weighted by Gasteiger charge is -2.02. The zero-order valence-corrected chi connectivity index (χ0v) is 8.82. The summed E-state index contributed by atoms with van der Waals surface area (Å²) in [4.78, 5) is 15.4. The maximum Gasteiger partial charge on any atom is 0.249 e. The van der Waals surface area contributed by atoms with E-state index in [-0.39, 0.29) is 12.5 Å². The van der Waals surface area contributed by atoms with Crippen LogP contribution in [0, 0.1) is 0 Å². The van der Waals surface area contributed by atoms with Gasteiger partial charge in [0, 0.05) is 6.08 Å². The maximum atomic E-state index is 11.3. The molecular formula is C11H14N2O2. The average Bonchev–Trinajstić information content (AvgIpc) is 2.16. The van der Waals surface area contributed by atoms with Gasteiger partial charge in [-0.15, -0.1) is 0 Å². The van der Waals surface area contributed by atoms with Crippen LogP contribution in [0.4, 0.5) is 5.82 Å². The highest BCUT2D eigenvalue weighted by atomic mass is 16.3. The van der Waals surface area contributed by atoms with Crippen LogP contribution in [0.25, 0.3) is 0 Å². The third-order valence-corrected chi connectivity index (χ3v) is 1.64. The van der Waals surface area contributed by atoms with Crippen LogP contribution in [0.2, 0.25) is 0 Å². The molecule has 1 heterocycles. The topological polar surface area (TPSA) is 62.2 Å². The van der Waals surface area contributed by atoms with Crippen molar-refractivity contribution in [1.29, 1.82) is 0 Å². The first-order chi connectivity index (χ1) is 7.11. The molecule has 0 atom stereocenters. The molecule has 0 saturated heterocycles. The van der Waals surface area contributed by atoms with Gasteiger partial charge in [0.1, 0.15) is 5.82 Å². The van der Waals surface area contributed by atoms with E-state index in [0.29, 0.717) is 11.5 Å². The van der Waals surface area contributed by atoms with Gasteiger partial charge in [0.05, 0.1) is 12.3 Å². The molecule has 2 N–H and O–H groups in total. The highest BCUT2D eigenvalue weighted by Crippen LogP contribution is 2.05. The highest BCUT2D eigenvalue weighted by molar-refractivity contribution is 5.98. The fourth-order valence-electron chi connectivity index (χ4n) is 1.06. The van der Waals surface area contributed by atoms with Gasteiger partial charge >= 0.3 is 0 Å². The van der Waals surface area contributed by atoms with E-state index in [4.69, 9.17) is 5.11 Å². The molecule has 0 spiro atoms. The van der Waals surface area contributed by atoms with Crippen LogP contribution in [0.1, 0.15) is 19.5 Å². The summed E-state index contributed by atoms with van der Waals surface area (Å²) in [5.41, 5.74) is 1.45. The second-order valence-corrected chi connectivity index (χ2v) is 3.38. The first kappa shape index (κ1) is 11.4. The quantitative estimate of drug-likeness (QED) is 0.736. The first-order valence-corrected chi connectivity index (χ1v) is 4.64. The molecule has 1 amide bonds. The molecule has 0 aliphatic heterocycles. The Bertz CT molecular complexity index is 382. The molecule has 0 aromatic carbocycles. The molecule has 80 valence electrons. The molecule has 0 radical (unpaired) electrons. The molecule has 1 aromatic heterocycles. The van der Waals surface area contributed by atoms with E-state index in [0.717, 1.165) is 5.57 Å². The lowest BCUT2D eigenvalue weighted by atomic mass is 10.3. The second kappa shape index (κ2) is 5.26. The lowest BCUT2D eigenvalue weighted by Crippen LogP contribution is -2.10. The number of carbonyl (C=O) groups excluding carboxylic acids is 1. The number of nitrogens with one attached hydrogen (secondary N) is 1. The van der Waals surface area contributed by atoms with Crippen molar-refractivity contribution in [3.8, 4) is 0 Å². The molecule has 1 rings (SSSR count). The van der Waals surface area contributed by atoms with Gasteiger partial charge in [-0.3, -0.25) is 4.79 Å². The maximum absolute atomic E-state index is 11.3. The van der Waals surface area contributed by atoms with Crippen molar-refractivity contribution in [1.82, 2.24) is 4.98 Å². The fourth-order valence-corrected chi connectivity index (χ4v) is 1.06. The van der Waals surface area contributed by atoms with Crippen LogP contribution in [0.3, 0.4) is 0 Å². The van der Waals surface area contributed by atoms with Crippen molar-refractivity contribution in [2.24, 2.45) is 0 Å². The monoisotopic (exact) mass is 206 g/mol. The summed E-state index contributed by atoms with van der Waals surface area (Å²) < 4.78 is 0. The number of hydrogen-bond acceptors (Lipinski definition) is 3. The summed E-state index contributed by atoms with van der Waals surface area (Å²) in [5, 5.41) is 11.5. The number of allylic oxidation sites excluding steroid dienone is 1. The number of pyridine rings is 1. The molecule has 0 saturated carbocycles. The van der Waals surface area contributed by atoms with Crippen LogP contribution < -0.4 is 5.32 Å². The fraction of sp³-hybridized carbons (Fsp3) is 0.273. The van der Waals surface area contributed by atoms with E-state index in [1.165, 1.54) is 6.08 Å². The lowest BCUT2D eigenvalue weighted by molar-refractivity contribution is -0.112. The number of nitrogens with zero attached hydrogens (tertiary/aromatic N) is 1. The van der Waals surface area contributed by atoms with Crippen molar-refractivity contribution in [2.45, 2.75) is 20.5 Å². The first-order valence-electron chi connectivity index (χ1n) is 4.64. The second-order valence-electron chi connectivity index (χ2n) is 3.38. The van der Waals surface area contributed by atoms with Crippen LogP contribution in [-0.2, 0) is 11.4 Å². The third-order valence-electron chi connectivity index (χ3n) is 1.64. The van der Waals surface area contributed by atoms with Crippen molar-refractivity contribution >= 4 is 11.7 Å². The number of hydrogen-bond donors (Lipinski definition) is 2. The van der Waals surface area contributed by atoms with Crippen molar-refractivity contribution in [3.63, 3.8) is 0 Å². The number of aliphatic hydroxyl groups is 1. The highest BCUT2D eigenvalue weighted by Gasteiger charge is 2.00. The van der Waals surface area contributed by atoms with Gasteiger partial charge in [0.15, 0.2) is 0 Å². The van der Waals surface area contributed by atoms with Gasteiger partial charge in [-0.1, -0.05) is 11.6 Å². The van der Waals surface area contributed by atoms with Gasteiger partial charge in [-0.25, -0.2) is 4.98 Å². The van der Waals surface area contributed by atoms with Gasteiger partial charge in [-0.05, 0) is 26.0 Å². The molecule has 15 heavy (non-hydrogen) atoms. The molecule has 0 aliphatic carbocycles. The van der Waals surface area contributed by atoms with E-state index in [9.17, 15) is 4.79 Å². The summed E-state index contributed by atoms with van der Waals surface area (Å²) in [6.07, 6.45) is 1.49. The molecule has 0 unspecified atom stereocenters. The van der Waals surface area contributed by atoms with E-state index >= 15 is 0 Å². The number of aromatic nitrogens is 1. The zero-order valence-electron chi connectivity index (χ0n) is 8.82. The SMILES string of the molecule is CC(C)=CC(=O)Nc1cccc(CO)n1. The Morgan fingerprint density at radius 3 is 2.87 bits per heavy atom. The summed E-state index contributed by atoms with van der Waals surface area (Å²) in [6, 6.07) is 5.10. The Morgan fingerprint density at radius 2 is 2.27 bits per heavy atom. The molecule has 0 fully saturated rings. The van der Waals surface area contributed by atoms with Gasteiger partial charge in [-0.2, -0.15) is 0 Å². The molecular weight excluding hydrogens is 192 g/mol. The van der Waals surface area contributed by atoms with E-state index < -0.39 is 0 Å². The van der Waals surface area contributed by atoms with Crippen molar-refractivity contribution in [2.75, 3.05) is 5.32 Å². The molecule has 4 heteroatoms. The van der Waals surface area contributed by atoms with Crippen LogP contribution >= 0.6 is 0 Å².